The van der Waals surface area contributed by atoms with Crippen LogP contribution in [0.25, 0.3) is 22.3 Å². The second kappa shape index (κ2) is 10.5. The molecule has 1 heterocycles. The van der Waals surface area contributed by atoms with Crippen molar-refractivity contribution in [2.75, 3.05) is 13.2 Å². The van der Waals surface area contributed by atoms with E-state index < -0.39 is 23.3 Å². The zero-order valence-corrected chi connectivity index (χ0v) is 19.1. The molecule has 0 aromatic heterocycles. The van der Waals surface area contributed by atoms with Crippen molar-refractivity contribution in [3.05, 3.63) is 95.1 Å². The van der Waals surface area contributed by atoms with Crippen molar-refractivity contribution in [3.63, 3.8) is 0 Å². The zero-order chi connectivity index (χ0) is 24.2. The fourth-order valence-electron chi connectivity index (χ4n) is 4.12. The van der Waals surface area contributed by atoms with Gasteiger partial charge in [-0.2, -0.15) is 0 Å². The molecule has 0 spiro atoms. The SMILES string of the molecule is C/C=C/CCc1ccc(-c2ccc(-c3ccc(C4COC(C)OC4)c(F)c3F)cc2)c(F)c1F. The lowest BCUT2D eigenvalue weighted by Gasteiger charge is -2.28. The molecule has 0 unspecified atom stereocenters. The highest BCUT2D eigenvalue weighted by Crippen LogP contribution is 2.33. The fourth-order valence-corrected chi connectivity index (χ4v) is 4.12. The third kappa shape index (κ3) is 4.93. The van der Waals surface area contributed by atoms with E-state index in [2.05, 4.69) is 0 Å². The lowest BCUT2D eigenvalue weighted by Crippen LogP contribution is -2.29. The van der Waals surface area contributed by atoms with Crippen LogP contribution in [0.3, 0.4) is 0 Å². The van der Waals surface area contributed by atoms with E-state index in [1.54, 1.807) is 43.3 Å². The van der Waals surface area contributed by atoms with Crippen molar-refractivity contribution in [2.24, 2.45) is 0 Å². The van der Waals surface area contributed by atoms with Crippen molar-refractivity contribution >= 4 is 0 Å². The Labute approximate surface area is 196 Å². The lowest BCUT2D eigenvalue weighted by atomic mass is 9.94. The molecule has 0 bridgehead atoms. The van der Waals surface area contributed by atoms with Gasteiger partial charge in [-0.05, 0) is 48.9 Å². The maximum Gasteiger partial charge on any atom is 0.166 e. The van der Waals surface area contributed by atoms with Gasteiger partial charge in [0, 0.05) is 17.0 Å². The molecule has 2 nitrogen and oxygen atoms in total. The summed E-state index contributed by atoms with van der Waals surface area (Å²) >= 11 is 0. The first-order valence-electron chi connectivity index (χ1n) is 11.3. The van der Waals surface area contributed by atoms with E-state index in [1.165, 1.54) is 12.1 Å². The number of hydrogen-bond acceptors (Lipinski definition) is 2. The Balaban J connectivity index is 1.57. The van der Waals surface area contributed by atoms with Gasteiger partial charge in [0.05, 0.1) is 13.2 Å². The molecule has 0 aliphatic carbocycles. The highest BCUT2D eigenvalue weighted by molar-refractivity contribution is 5.71. The van der Waals surface area contributed by atoms with Crippen LogP contribution in [-0.2, 0) is 15.9 Å². The smallest absolute Gasteiger partial charge is 0.166 e. The van der Waals surface area contributed by atoms with E-state index in [4.69, 9.17) is 9.47 Å². The summed E-state index contributed by atoms with van der Waals surface area (Å²) < 4.78 is 69.8. The lowest BCUT2D eigenvalue weighted by molar-refractivity contribution is -0.176. The molecule has 178 valence electrons. The van der Waals surface area contributed by atoms with Crippen LogP contribution < -0.4 is 0 Å². The molecule has 6 heteroatoms. The molecule has 1 aliphatic heterocycles. The Morgan fingerprint density at radius 2 is 1.32 bits per heavy atom. The molecular formula is C28H26F4O2. The summed E-state index contributed by atoms with van der Waals surface area (Å²) in [5.41, 5.74) is 1.61. The van der Waals surface area contributed by atoms with Crippen LogP contribution >= 0.6 is 0 Å². The summed E-state index contributed by atoms with van der Waals surface area (Å²) in [6.45, 7) is 4.13. The molecule has 0 atom stereocenters. The Kier molecular flexibility index (Phi) is 7.49. The Morgan fingerprint density at radius 1 is 0.765 bits per heavy atom. The van der Waals surface area contributed by atoms with Crippen molar-refractivity contribution in [3.8, 4) is 22.3 Å². The summed E-state index contributed by atoms with van der Waals surface area (Å²) in [4.78, 5) is 0. The van der Waals surface area contributed by atoms with Crippen LogP contribution in [0.4, 0.5) is 17.6 Å². The normalized spacial score (nSPS) is 18.5. The van der Waals surface area contributed by atoms with Crippen molar-refractivity contribution in [1.29, 1.82) is 0 Å². The van der Waals surface area contributed by atoms with Crippen LogP contribution in [0.2, 0.25) is 0 Å². The van der Waals surface area contributed by atoms with Gasteiger partial charge in [-0.1, -0.05) is 60.7 Å². The number of ether oxygens (including phenoxy) is 2. The van der Waals surface area contributed by atoms with Gasteiger partial charge in [0.25, 0.3) is 0 Å². The van der Waals surface area contributed by atoms with Gasteiger partial charge >= 0.3 is 0 Å². The number of aryl methyl sites for hydroxylation is 1. The number of hydrogen-bond donors (Lipinski definition) is 0. The Morgan fingerprint density at radius 3 is 1.91 bits per heavy atom. The third-order valence-electron chi connectivity index (χ3n) is 6.10. The van der Waals surface area contributed by atoms with Crippen molar-refractivity contribution < 1.29 is 27.0 Å². The molecule has 0 radical (unpaired) electrons. The second-order valence-electron chi connectivity index (χ2n) is 8.35. The topological polar surface area (TPSA) is 18.5 Å². The minimum absolute atomic E-state index is 0.0878. The summed E-state index contributed by atoms with van der Waals surface area (Å²) in [5.74, 6) is -4.07. The predicted octanol–water partition coefficient (Wildman–Crippen LogP) is 7.56. The van der Waals surface area contributed by atoms with Crippen LogP contribution in [0.1, 0.15) is 37.3 Å². The fraction of sp³-hybridized carbons (Fsp3) is 0.286. The minimum atomic E-state index is -0.966. The summed E-state index contributed by atoms with van der Waals surface area (Å²) in [5, 5.41) is 0. The predicted molar refractivity (Wildman–Crippen MR) is 124 cm³/mol. The van der Waals surface area contributed by atoms with E-state index in [9.17, 15) is 17.6 Å². The number of halogens is 4. The molecule has 0 saturated carbocycles. The van der Waals surface area contributed by atoms with E-state index in [0.29, 0.717) is 29.5 Å². The molecule has 0 N–H and O–H groups in total. The summed E-state index contributed by atoms with van der Waals surface area (Å²) in [6, 6.07) is 12.5. The monoisotopic (exact) mass is 470 g/mol. The standard InChI is InChI=1S/C28H26F4O2/c1-3-4-5-6-20-11-12-22(26(30)25(20)29)18-7-9-19(10-8-18)23-13-14-24(28(32)27(23)31)21-15-33-17(2)34-16-21/h3-4,7-14,17,21H,5-6,15-16H2,1-2H3/b4-3+. The maximum atomic E-state index is 14.9. The van der Waals surface area contributed by atoms with Gasteiger partial charge < -0.3 is 9.47 Å². The van der Waals surface area contributed by atoms with Gasteiger partial charge in [-0.15, -0.1) is 0 Å². The second-order valence-corrected chi connectivity index (χ2v) is 8.35. The molecule has 3 aromatic rings. The third-order valence-corrected chi connectivity index (χ3v) is 6.10. The molecule has 1 aliphatic rings. The van der Waals surface area contributed by atoms with Crippen molar-refractivity contribution in [2.45, 2.75) is 38.9 Å². The number of rotatable bonds is 6. The van der Waals surface area contributed by atoms with E-state index in [-0.39, 0.29) is 42.1 Å². The van der Waals surface area contributed by atoms with Gasteiger partial charge in [-0.3, -0.25) is 0 Å². The Bertz CT molecular complexity index is 1180. The maximum absolute atomic E-state index is 14.9. The molecule has 1 fully saturated rings. The molecule has 0 amide bonds. The molecule has 4 rings (SSSR count). The highest BCUT2D eigenvalue weighted by atomic mass is 19.2. The average Bonchev–Trinajstić information content (AvgIpc) is 2.85. The Hall–Kier alpha value is -2.96. The molecular weight excluding hydrogens is 444 g/mol. The first-order chi connectivity index (χ1) is 16.4. The molecule has 3 aromatic carbocycles. The minimum Gasteiger partial charge on any atom is -0.352 e. The van der Waals surface area contributed by atoms with E-state index in [1.807, 2.05) is 19.1 Å². The van der Waals surface area contributed by atoms with Gasteiger partial charge in [0.15, 0.2) is 29.6 Å². The number of allylic oxidation sites excluding steroid dienone is 2. The van der Waals surface area contributed by atoms with Crippen LogP contribution in [-0.4, -0.2) is 19.5 Å². The first kappa shape index (κ1) is 24.2. The number of benzene rings is 3. The van der Waals surface area contributed by atoms with Gasteiger partial charge in [0.2, 0.25) is 0 Å². The van der Waals surface area contributed by atoms with E-state index in [0.717, 1.165) is 0 Å². The van der Waals surface area contributed by atoms with Gasteiger partial charge in [0.1, 0.15) is 0 Å². The quantitative estimate of drug-likeness (QED) is 0.273. The first-order valence-corrected chi connectivity index (χ1v) is 11.3. The van der Waals surface area contributed by atoms with Gasteiger partial charge in [-0.25, -0.2) is 17.6 Å². The zero-order valence-electron chi connectivity index (χ0n) is 19.1. The van der Waals surface area contributed by atoms with E-state index >= 15 is 0 Å². The van der Waals surface area contributed by atoms with Crippen molar-refractivity contribution in [1.82, 2.24) is 0 Å². The van der Waals surface area contributed by atoms with Crippen LogP contribution in [0.15, 0.2) is 60.7 Å². The average molecular weight is 471 g/mol. The largest absolute Gasteiger partial charge is 0.352 e. The van der Waals surface area contributed by atoms with Crippen LogP contribution in [0.5, 0.6) is 0 Å². The summed E-state index contributed by atoms with van der Waals surface area (Å²) in [6.07, 6.45) is 4.43. The molecule has 34 heavy (non-hydrogen) atoms. The molecule has 1 saturated heterocycles. The highest BCUT2D eigenvalue weighted by Gasteiger charge is 2.26. The summed E-state index contributed by atoms with van der Waals surface area (Å²) in [7, 11) is 0. The van der Waals surface area contributed by atoms with Crippen LogP contribution in [0, 0.1) is 23.3 Å².